The van der Waals surface area contributed by atoms with Gasteiger partial charge < -0.3 is 15.5 Å². The summed E-state index contributed by atoms with van der Waals surface area (Å²) in [5, 5.41) is 0. The van der Waals surface area contributed by atoms with Crippen LogP contribution < -0.4 is 15.5 Å². The number of aromatic nitrogens is 4. The number of hydrogen-bond donors (Lipinski definition) is 1. The van der Waals surface area contributed by atoms with Crippen LogP contribution in [0.25, 0.3) is 0 Å². The topological polar surface area (TPSA) is 84.1 Å². The Labute approximate surface area is 143 Å². The van der Waals surface area contributed by atoms with Gasteiger partial charge in [-0.2, -0.15) is 0 Å². The summed E-state index contributed by atoms with van der Waals surface area (Å²) >= 11 is 0. The Balaban J connectivity index is 1.71. The number of anilines is 2. The summed E-state index contributed by atoms with van der Waals surface area (Å²) in [5.74, 6) is 2.62. The predicted octanol–water partition coefficient (Wildman–Crippen LogP) is 1.02. The number of aryl methyl sites for hydroxylation is 3. The van der Waals surface area contributed by atoms with Crippen molar-refractivity contribution in [1.82, 2.24) is 19.9 Å². The van der Waals surface area contributed by atoms with Crippen LogP contribution in [0.3, 0.4) is 0 Å². The van der Waals surface area contributed by atoms with E-state index in [4.69, 9.17) is 5.73 Å². The smallest absolute Gasteiger partial charge is 0.225 e. The van der Waals surface area contributed by atoms with E-state index in [1.165, 1.54) is 0 Å². The Kier molecular flexibility index (Phi) is 4.89. The molecule has 0 spiro atoms. The molecule has 3 heterocycles. The molecule has 128 valence electrons. The maximum Gasteiger partial charge on any atom is 0.225 e. The molecule has 2 aromatic rings. The number of nitrogens with two attached hydrogens (primary N) is 1. The lowest BCUT2D eigenvalue weighted by atomic mass is 10.2. The van der Waals surface area contributed by atoms with Gasteiger partial charge in [0.15, 0.2) is 0 Å². The lowest BCUT2D eigenvalue weighted by molar-refractivity contribution is 0.630. The molecule has 7 nitrogen and oxygen atoms in total. The minimum Gasteiger partial charge on any atom is -0.353 e. The number of nitrogens with zero attached hydrogens (tertiary/aromatic N) is 6. The SMILES string of the molecule is Cc1cc(C)nc(N2CCN(c3cc(CCN)nc(C)n3)CC2)n1. The lowest BCUT2D eigenvalue weighted by Crippen LogP contribution is -2.47. The van der Waals surface area contributed by atoms with Crippen molar-refractivity contribution in [2.45, 2.75) is 27.2 Å². The summed E-state index contributed by atoms with van der Waals surface area (Å²) in [6.07, 6.45) is 0.784. The van der Waals surface area contributed by atoms with Gasteiger partial charge in [0.05, 0.1) is 0 Å². The van der Waals surface area contributed by atoms with E-state index in [1.807, 2.05) is 26.8 Å². The molecule has 0 amide bonds. The van der Waals surface area contributed by atoms with E-state index in [0.717, 1.165) is 67.3 Å². The monoisotopic (exact) mass is 327 g/mol. The summed E-state index contributed by atoms with van der Waals surface area (Å²) in [5.41, 5.74) is 8.69. The van der Waals surface area contributed by atoms with Crippen LogP contribution in [0.2, 0.25) is 0 Å². The molecule has 0 saturated carbocycles. The highest BCUT2D eigenvalue weighted by Crippen LogP contribution is 2.18. The molecule has 3 rings (SSSR count). The molecule has 1 fully saturated rings. The van der Waals surface area contributed by atoms with Crippen LogP contribution in [0.15, 0.2) is 12.1 Å². The highest BCUT2D eigenvalue weighted by Gasteiger charge is 2.21. The number of hydrogen-bond acceptors (Lipinski definition) is 7. The van der Waals surface area contributed by atoms with Crippen LogP contribution in [0.1, 0.15) is 22.9 Å². The molecule has 0 bridgehead atoms. The maximum atomic E-state index is 5.65. The summed E-state index contributed by atoms with van der Waals surface area (Å²) in [7, 11) is 0. The zero-order valence-corrected chi connectivity index (χ0v) is 14.7. The van der Waals surface area contributed by atoms with Crippen molar-refractivity contribution in [2.24, 2.45) is 5.73 Å². The van der Waals surface area contributed by atoms with Crippen molar-refractivity contribution >= 4 is 11.8 Å². The van der Waals surface area contributed by atoms with Crippen molar-refractivity contribution < 1.29 is 0 Å². The molecular weight excluding hydrogens is 302 g/mol. The molecule has 0 aliphatic carbocycles. The van der Waals surface area contributed by atoms with Gasteiger partial charge in [0.1, 0.15) is 11.6 Å². The third-order valence-electron chi connectivity index (χ3n) is 4.13. The summed E-state index contributed by atoms with van der Waals surface area (Å²) < 4.78 is 0. The molecule has 7 heteroatoms. The van der Waals surface area contributed by atoms with E-state index in [2.05, 4.69) is 35.8 Å². The molecule has 0 unspecified atom stereocenters. The van der Waals surface area contributed by atoms with Gasteiger partial charge in [-0.15, -0.1) is 0 Å². The van der Waals surface area contributed by atoms with Crippen molar-refractivity contribution in [3.63, 3.8) is 0 Å². The fraction of sp³-hybridized carbons (Fsp3) is 0.529. The van der Waals surface area contributed by atoms with E-state index >= 15 is 0 Å². The average molecular weight is 327 g/mol. The van der Waals surface area contributed by atoms with Crippen molar-refractivity contribution in [2.75, 3.05) is 42.5 Å². The van der Waals surface area contributed by atoms with Crippen LogP contribution in [0.5, 0.6) is 0 Å². The molecule has 24 heavy (non-hydrogen) atoms. The van der Waals surface area contributed by atoms with Gasteiger partial charge in [-0.1, -0.05) is 0 Å². The Morgan fingerprint density at radius 2 is 1.50 bits per heavy atom. The molecular formula is C17H25N7. The van der Waals surface area contributed by atoms with Gasteiger partial charge in [0.2, 0.25) is 5.95 Å². The molecule has 1 aliphatic rings. The predicted molar refractivity (Wildman–Crippen MR) is 95.5 cm³/mol. The fourth-order valence-electron chi connectivity index (χ4n) is 3.03. The van der Waals surface area contributed by atoms with Crippen molar-refractivity contribution in [3.05, 3.63) is 35.0 Å². The van der Waals surface area contributed by atoms with E-state index in [1.54, 1.807) is 0 Å². The molecule has 2 N–H and O–H groups in total. The minimum atomic E-state index is 0.605. The first-order valence-corrected chi connectivity index (χ1v) is 8.42. The van der Waals surface area contributed by atoms with Crippen molar-refractivity contribution in [1.29, 1.82) is 0 Å². The van der Waals surface area contributed by atoms with Crippen LogP contribution in [0, 0.1) is 20.8 Å². The van der Waals surface area contributed by atoms with E-state index in [9.17, 15) is 0 Å². The fourth-order valence-corrected chi connectivity index (χ4v) is 3.03. The normalized spacial score (nSPS) is 15.0. The summed E-state index contributed by atoms with van der Waals surface area (Å²) in [6.45, 7) is 10.1. The molecule has 1 aliphatic heterocycles. The Morgan fingerprint density at radius 3 is 2.12 bits per heavy atom. The second-order valence-electron chi connectivity index (χ2n) is 6.23. The standard InChI is InChI=1S/C17H25N7/c1-12-10-13(2)20-17(19-12)24-8-6-23(7-9-24)16-11-15(4-5-18)21-14(3)22-16/h10-11H,4-9,18H2,1-3H3. The molecule has 0 atom stereocenters. The molecule has 0 radical (unpaired) electrons. The highest BCUT2D eigenvalue weighted by atomic mass is 15.3. The van der Waals surface area contributed by atoms with Crippen molar-refractivity contribution in [3.8, 4) is 0 Å². The molecule has 0 aromatic carbocycles. The maximum absolute atomic E-state index is 5.65. The lowest BCUT2D eigenvalue weighted by Gasteiger charge is -2.35. The van der Waals surface area contributed by atoms with Crippen LogP contribution >= 0.6 is 0 Å². The summed E-state index contributed by atoms with van der Waals surface area (Å²) in [4.78, 5) is 22.7. The second-order valence-corrected chi connectivity index (χ2v) is 6.23. The van der Waals surface area contributed by atoms with Crippen LogP contribution in [-0.4, -0.2) is 52.7 Å². The Hall–Kier alpha value is -2.28. The zero-order chi connectivity index (χ0) is 17.1. The third-order valence-corrected chi connectivity index (χ3v) is 4.13. The highest BCUT2D eigenvalue weighted by molar-refractivity contribution is 5.43. The first-order valence-electron chi connectivity index (χ1n) is 8.42. The second kappa shape index (κ2) is 7.09. The van der Waals surface area contributed by atoms with Crippen LogP contribution in [-0.2, 0) is 6.42 Å². The Morgan fingerprint density at radius 1 is 0.875 bits per heavy atom. The van der Waals surface area contributed by atoms with E-state index in [-0.39, 0.29) is 0 Å². The van der Waals surface area contributed by atoms with Gasteiger partial charge in [-0.3, -0.25) is 0 Å². The Bertz CT molecular complexity index is 688. The minimum absolute atomic E-state index is 0.605. The average Bonchev–Trinajstić information content (AvgIpc) is 2.54. The van der Waals surface area contributed by atoms with E-state index < -0.39 is 0 Å². The number of piperazine rings is 1. The van der Waals surface area contributed by atoms with Crippen LogP contribution in [0.4, 0.5) is 11.8 Å². The van der Waals surface area contributed by atoms with E-state index in [0.29, 0.717) is 6.54 Å². The first kappa shape index (κ1) is 16.6. The quantitative estimate of drug-likeness (QED) is 0.897. The third kappa shape index (κ3) is 3.79. The van der Waals surface area contributed by atoms with Gasteiger partial charge in [-0.05, 0) is 33.4 Å². The molecule has 1 saturated heterocycles. The first-order chi connectivity index (χ1) is 11.5. The number of rotatable bonds is 4. The van der Waals surface area contributed by atoms with Gasteiger partial charge >= 0.3 is 0 Å². The molecule has 2 aromatic heterocycles. The largest absolute Gasteiger partial charge is 0.353 e. The zero-order valence-electron chi connectivity index (χ0n) is 14.7. The van der Waals surface area contributed by atoms with Gasteiger partial charge in [0, 0.05) is 55.7 Å². The van der Waals surface area contributed by atoms with Gasteiger partial charge in [0.25, 0.3) is 0 Å². The van der Waals surface area contributed by atoms with Gasteiger partial charge in [-0.25, -0.2) is 19.9 Å². The summed E-state index contributed by atoms with van der Waals surface area (Å²) in [6, 6.07) is 4.06.